The molecule has 1 fully saturated rings. The molecule has 23 heavy (non-hydrogen) atoms. The van der Waals surface area contributed by atoms with E-state index in [-0.39, 0.29) is 11.3 Å². The third kappa shape index (κ3) is 1.98. The van der Waals surface area contributed by atoms with E-state index < -0.39 is 5.66 Å². The van der Waals surface area contributed by atoms with Crippen molar-refractivity contribution in [2.45, 2.75) is 31.3 Å². The van der Waals surface area contributed by atoms with Crippen LogP contribution >= 0.6 is 11.3 Å². The quantitative estimate of drug-likeness (QED) is 0.912. The van der Waals surface area contributed by atoms with Crippen molar-refractivity contribution in [2.75, 3.05) is 11.4 Å². The Labute approximate surface area is 140 Å². The first-order valence-corrected chi connectivity index (χ1v) is 8.83. The number of hydrogen-bond donors (Lipinski definition) is 1. The van der Waals surface area contributed by atoms with E-state index in [0.717, 1.165) is 6.54 Å². The number of carbonyl (C=O) groups is 1. The molecule has 2 aliphatic heterocycles. The summed E-state index contributed by atoms with van der Waals surface area (Å²) < 4.78 is 0. The van der Waals surface area contributed by atoms with Gasteiger partial charge in [0.1, 0.15) is 5.66 Å². The molecule has 0 saturated carbocycles. The zero-order valence-electron chi connectivity index (χ0n) is 13.4. The van der Waals surface area contributed by atoms with Crippen LogP contribution in [0.5, 0.6) is 0 Å². The van der Waals surface area contributed by atoms with Gasteiger partial charge in [-0.05, 0) is 35.2 Å². The molecule has 2 aromatic rings. The first-order chi connectivity index (χ1) is 11.0. The number of rotatable bonds is 2. The Hall–Kier alpha value is -2.07. The van der Waals surface area contributed by atoms with Crippen molar-refractivity contribution in [1.82, 2.24) is 5.32 Å². The second-order valence-corrected chi connectivity index (χ2v) is 7.69. The standard InChI is InChI=1S/C19H20N2OS/c1-18(2)15-7-3-4-8-16(15)21-12-10-17(22)20-19(18,21)11-9-14-6-5-13-23-14/h3-9,11,13H,10,12H2,1-2H3,(H,20,22)/b11-9+. The van der Waals surface area contributed by atoms with Crippen LogP contribution in [-0.4, -0.2) is 18.1 Å². The number of para-hydroxylation sites is 1. The van der Waals surface area contributed by atoms with E-state index in [1.807, 2.05) is 6.07 Å². The summed E-state index contributed by atoms with van der Waals surface area (Å²) in [5.41, 5.74) is 1.81. The van der Waals surface area contributed by atoms with E-state index in [1.165, 1.54) is 16.1 Å². The van der Waals surface area contributed by atoms with Gasteiger partial charge in [0.05, 0.1) is 0 Å². The molecular formula is C19H20N2OS. The number of amides is 1. The Morgan fingerprint density at radius 1 is 1.22 bits per heavy atom. The first-order valence-electron chi connectivity index (χ1n) is 7.95. The number of carbonyl (C=O) groups excluding carboxylic acids is 1. The third-order valence-electron chi connectivity index (χ3n) is 5.17. The normalized spacial score (nSPS) is 25.3. The highest BCUT2D eigenvalue weighted by molar-refractivity contribution is 7.10. The van der Waals surface area contributed by atoms with Gasteiger partial charge in [-0.2, -0.15) is 0 Å². The van der Waals surface area contributed by atoms with Crippen LogP contribution < -0.4 is 10.2 Å². The number of hydrogen-bond acceptors (Lipinski definition) is 3. The van der Waals surface area contributed by atoms with Crippen molar-refractivity contribution in [2.24, 2.45) is 0 Å². The molecule has 2 aliphatic rings. The molecule has 4 heteroatoms. The predicted molar refractivity (Wildman–Crippen MR) is 95.7 cm³/mol. The van der Waals surface area contributed by atoms with Crippen LogP contribution in [0.2, 0.25) is 0 Å². The lowest BCUT2D eigenvalue weighted by Crippen LogP contribution is -2.68. The highest BCUT2D eigenvalue weighted by atomic mass is 32.1. The Bertz CT molecular complexity index is 778. The van der Waals surface area contributed by atoms with E-state index in [9.17, 15) is 4.79 Å². The number of fused-ring (bicyclic) bond motifs is 3. The maximum Gasteiger partial charge on any atom is 0.223 e. The summed E-state index contributed by atoms with van der Waals surface area (Å²) in [6.07, 6.45) is 4.85. The Balaban J connectivity index is 1.87. The number of nitrogens with zero attached hydrogens (tertiary/aromatic N) is 1. The van der Waals surface area contributed by atoms with Crippen molar-refractivity contribution in [3.63, 3.8) is 0 Å². The highest BCUT2D eigenvalue weighted by Crippen LogP contribution is 2.52. The summed E-state index contributed by atoms with van der Waals surface area (Å²) in [7, 11) is 0. The third-order valence-corrected chi connectivity index (χ3v) is 6.01. The number of thiophene rings is 1. The molecule has 4 rings (SSSR count). The molecule has 3 nitrogen and oxygen atoms in total. The first kappa shape index (κ1) is 14.5. The highest BCUT2D eigenvalue weighted by Gasteiger charge is 2.57. The number of nitrogens with one attached hydrogen (secondary N) is 1. The lowest BCUT2D eigenvalue weighted by Gasteiger charge is -2.49. The van der Waals surface area contributed by atoms with Crippen LogP contribution in [0.1, 0.15) is 30.7 Å². The molecule has 0 bridgehead atoms. The van der Waals surface area contributed by atoms with E-state index in [0.29, 0.717) is 6.42 Å². The molecule has 1 N–H and O–H groups in total. The molecule has 1 saturated heterocycles. The number of benzene rings is 1. The molecule has 0 radical (unpaired) electrons. The average Bonchev–Trinajstić information content (AvgIpc) is 3.11. The van der Waals surface area contributed by atoms with Gasteiger partial charge < -0.3 is 10.2 Å². The monoisotopic (exact) mass is 324 g/mol. The van der Waals surface area contributed by atoms with Crippen molar-refractivity contribution >= 4 is 29.0 Å². The smallest absolute Gasteiger partial charge is 0.223 e. The summed E-state index contributed by atoms with van der Waals surface area (Å²) >= 11 is 1.71. The summed E-state index contributed by atoms with van der Waals surface area (Å²) in [5.74, 6) is 0.123. The van der Waals surface area contributed by atoms with E-state index in [2.05, 4.69) is 71.9 Å². The second-order valence-electron chi connectivity index (χ2n) is 6.71. The van der Waals surface area contributed by atoms with Crippen molar-refractivity contribution < 1.29 is 4.79 Å². The molecule has 0 spiro atoms. The molecule has 1 atom stereocenters. The fourth-order valence-corrected chi connectivity index (χ4v) is 4.53. The van der Waals surface area contributed by atoms with Crippen molar-refractivity contribution in [1.29, 1.82) is 0 Å². The minimum atomic E-state index is -0.504. The zero-order chi connectivity index (χ0) is 16.1. The summed E-state index contributed by atoms with van der Waals surface area (Å²) in [6.45, 7) is 5.19. The van der Waals surface area contributed by atoms with Gasteiger partial charge in [0.2, 0.25) is 5.91 Å². The van der Waals surface area contributed by atoms with Gasteiger partial charge in [-0.25, -0.2) is 0 Å². The second kappa shape index (κ2) is 4.96. The topological polar surface area (TPSA) is 32.3 Å². The van der Waals surface area contributed by atoms with Crippen LogP contribution in [0.15, 0.2) is 47.9 Å². The van der Waals surface area contributed by atoms with Crippen molar-refractivity contribution in [3.8, 4) is 0 Å². The van der Waals surface area contributed by atoms with Gasteiger partial charge in [0.15, 0.2) is 0 Å². The molecule has 1 amide bonds. The van der Waals surface area contributed by atoms with E-state index in [4.69, 9.17) is 0 Å². The molecule has 1 aromatic heterocycles. The largest absolute Gasteiger partial charge is 0.344 e. The Morgan fingerprint density at radius 2 is 2.04 bits per heavy atom. The number of anilines is 1. The van der Waals surface area contributed by atoms with Gasteiger partial charge in [-0.1, -0.05) is 38.1 Å². The van der Waals surface area contributed by atoms with Crippen LogP contribution in [0.3, 0.4) is 0 Å². The van der Waals surface area contributed by atoms with E-state index >= 15 is 0 Å². The minimum Gasteiger partial charge on any atom is -0.344 e. The lowest BCUT2D eigenvalue weighted by atomic mass is 9.74. The molecule has 3 heterocycles. The zero-order valence-corrected chi connectivity index (χ0v) is 14.2. The fraction of sp³-hybridized carbons (Fsp3) is 0.316. The minimum absolute atomic E-state index is 0.123. The van der Waals surface area contributed by atoms with Crippen LogP contribution in [0.4, 0.5) is 5.69 Å². The molecule has 1 unspecified atom stereocenters. The van der Waals surface area contributed by atoms with Gasteiger partial charge in [0.25, 0.3) is 0 Å². The van der Waals surface area contributed by atoms with Crippen LogP contribution in [0.25, 0.3) is 6.08 Å². The van der Waals surface area contributed by atoms with Gasteiger partial charge in [0, 0.05) is 28.9 Å². The van der Waals surface area contributed by atoms with Gasteiger partial charge in [-0.3, -0.25) is 4.79 Å². The van der Waals surface area contributed by atoms with Gasteiger partial charge in [-0.15, -0.1) is 11.3 Å². The van der Waals surface area contributed by atoms with Crippen LogP contribution in [0, 0.1) is 0 Å². The molecule has 118 valence electrons. The van der Waals surface area contributed by atoms with Crippen LogP contribution in [-0.2, 0) is 10.2 Å². The predicted octanol–water partition coefficient (Wildman–Crippen LogP) is 3.78. The molecule has 1 aromatic carbocycles. The fourth-order valence-electron chi connectivity index (χ4n) is 3.91. The SMILES string of the molecule is CC1(C)c2ccccc2N2CCC(=O)NC21/C=C/c1cccs1. The average molecular weight is 324 g/mol. The summed E-state index contributed by atoms with van der Waals surface area (Å²) in [6, 6.07) is 12.6. The Morgan fingerprint density at radius 3 is 2.83 bits per heavy atom. The molecular weight excluding hydrogens is 304 g/mol. The van der Waals surface area contributed by atoms with E-state index in [1.54, 1.807) is 11.3 Å². The van der Waals surface area contributed by atoms with Gasteiger partial charge >= 0.3 is 0 Å². The summed E-state index contributed by atoms with van der Waals surface area (Å²) in [4.78, 5) is 15.8. The Kier molecular flexibility index (Phi) is 3.13. The molecule has 0 aliphatic carbocycles. The maximum atomic E-state index is 12.2. The maximum absolute atomic E-state index is 12.2. The van der Waals surface area contributed by atoms with Crippen molar-refractivity contribution in [3.05, 3.63) is 58.3 Å². The lowest BCUT2D eigenvalue weighted by molar-refractivity contribution is -0.124. The summed E-state index contributed by atoms with van der Waals surface area (Å²) in [5, 5.41) is 5.37.